The van der Waals surface area contributed by atoms with Crippen molar-refractivity contribution >= 4 is 6.29 Å². The van der Waals surface area contributed by atoms with Gasteiger partial charge in [0.1, 0.15) is 0 Å². The molecule has 1 heterocycles. The summed E-state index contributed by atoms with van der Waals surface area (Å²) >= 11 is 0. The second-order valence-corrected chi connectivity index (χ2v) is 3.31. The minimum absolute atomic E-state index is 0. The van der Waals surface area contributed by atoms with Gasteiger partial charge in [-0.15, -0.1) is 0 Å². The molecule has 4 heteroatoms. The third kappa shape index (κ3) is 4.54. The van der Waals surface area contributed by atoms with Gasteiger partial charge >= 0.3 is 51.4 Å². The number of ether oxygens (including phenoxy) is 1. The molecule has 0 N–H and O–H groups in total. The Balaban J connectivity index is 0.00000169. The van der Waals surface area contributed by atoms with Crippen molar-refractivity contribution in [2.75, 3.05) is 19.8 Å². The molecule has 0 saturated carbocycles. The van der Waals surface area contributed by atoms with Gasteiger partial charge in [0.25, 0.3) is 0 Å². The average Bonchev–Trinajstić information content (AvgIpc) is 2.10. The van der Waals surface area contributed by atoms with E-state index < -0.39 is 0 Å². The van der Waals surface area contributed by atoms with Gasteiger partial charge in [-0.25, -0.2) is 0 Å². The van der Waals surface area contributed by atoms with E-state index in [9.17, 15) is 4.79 Å². The zero-order chi connectivity index (χ0) is 9.68. The summed E-state index contributed by atoms with van der Waals surface area (Å²) in [6.07, 6.45) is 1.57. The summed E-state index contributed by atoms with van der Waals surface area (Å²) in [7, 11) is 0. The van der Waals surface area contributed by atoms with Crippen molar-refractivity contribution in [3.8, 4) is 11.8 Å². The molecule has 0 bridgehead atoms. The molecule has 1 saturated heterocycles. The Labute approximate surface area is 128 Å². The van der Waals surface area contributed by atoms with E-state index in [1.165, 1.54) is 0 Å². The Morgan fingerprint density at radius 1 is 1.43 bits per heavy atom. The van der Waals surface area contributed by atoms with Crippen molar-refractivity contribution < 1.29 is 60.9 Å². The Hall–Kier alpha value is 0.786. The summed E-state index contributed by atoms with van der Waals surface area (Å²) < 4.78 is 5.36. The van der Waals surface area contributed by atoms with Gasteiger partial charge in [0, 0.05) is 18.4 Å². The molecule has 0 spiro atoms. The summed E-state index contributed by atoms with van der Waals surface area (Å²) in [5.74, 6) is 5.06. The second-order valence-electron chi connectivity index (χ2n) is 3.31. The van der Waals surface area contributed by atoms with E-state index in [2.05, 4.69) is 30.6 Å². The van der Waals surface area contributed by atoms with Crippen LogP contribution in [0.5, 0.6) is 0 Å². The van der Waals surface area contributed by atoms with Crippen LogP contribution in [0.3, 0.4) is 0 Å². The van der Waals surface area contributed by atoms with Crippen LogP contribution in [0.1, 0.15) is 13.8 Å². The zero-order valence-electron chi connectivity index (χ0n) is 9.04. The fourth-order valence-electron chi connectivity index (χ4n) is 1.51. The third-order valence-electron chi connectivity index (χ3n) is 2.25. The van der Waals surface area contributed by atoms with Crippen LogP contribution in [0.25, 0.3) is 0 Å². The first kappa shape index (κ1) is 14.8. The molecule has 0 radical (unpaired) electrons. The molecule has 0 aromatic rings. The number of nitrogens with zero attached hydrogens (tertiary/aromatic N) is 1. The average molecular weight is 219 g/mol. The molecule has 1 rings (SSSR count). The summed E-state index contributed by atoms with van der Waals surface area (Å²) in [6, 6.07) is 0.759. The topological polar surface area (TPSA) is 29.5 Å². The van der Waals surface area contributed by atoms with E-state index in [0.29, 0.717) is 18.6 Å². The van der Waals surface area contributed by atoms with Gasteiger partial charge in [-0.05, 0) is 20.4 Å². The smallest absolute Gasteiger partial charge is 0.409 e. The fraction of sp³-hybridized carbons (Fsp3) is 0.700. The van der Waals surface area contributed by atoms with Crippen LogP contribution >= 0.6 is 0 Å². The van der Waals surface area contributed by atoms with E-state index in [4.69, 9.17) is 4.74 Å². The van der Waals surface area contributed by atoms with Gasteiger partial charge in [0.2, 0.25) is 0 Å². The molecule has 1 fully saturated rings. The van der Waals surface area contributed by atoms with E-state index in [0.717, 1.165) is 13.2 Å². The second kappa shape index (κ2) is 8.00. The quantitative estimate of drug-likeness (QED) is 0.271. The fourth-order valence-corrected chi connectivity index (χ4v) is 1.51. The van der Waals surface area contributed by atoms with Crippen LogP contribution in [-0.4, -0.2) is 43.0 Å². The molecule has 0 aromatic heterocycles. The number of rotatable bonds is 1. The van der Waals surface area contributed by atoms with Gasteiger partial charge in [0.05, 0.1) is 13.2 Å². The van der Waals surface area contributed by atoms with E-state index in [-0.39, 0.29) is 51.4 Å². The Kier molecular flexibility index (Phi) is 8.45. The van der Waals surface area contributed by atoms with Gasteiger partial charge in [-0.1, -0.05) is 0 Å². The summed E-state index contributed by atoms with van der Waals surface area (Å²) in [5, 5.41) is 0. The summed E-state index contributed by atoms with van der Waals surface area (Å²) in [6.45, 7) is 6.32. The van der Waals surface area contributed by atoms with Crippen molar-refractivity contribution in [2.24, 2.45) is 0 Å². The Bertz CT molecular complexity index is 224. The molecule has 0 aliphatic carbocycles. The molecular weight excluding hydrogens is 205 g/mol. The van der Waals surface area contributed by atoms with Gasteiger partial charge in [0.15, 0.2) is 0 Å². The van der Waals surface area contributed by atoms with Crippen molar-refractivity contribution in [1.29, 1.82) is 0 Å². The molecule has 0 aromatic carbocycles. The van der Waals surface area contributed by atoms with Crippen LogP contribution in [0.2, 0.25) is 0 Å². The van der Waals surface area contributed by atoms with E-state index in [1.54, 1.807) is 6.29 Å². The molecule has 2 unspecified atom stereocenters. The molecule has 72 valence electrons. The largest absolute Gasteiger partial charge is 1.00 e. The number of morpholine rings is 1. The first-order valence-electron chi connectivity index (χ1n) is 4.44. The van der Waals surface area contributed by atoms with Gasteiger partial charge < -0.3 is 20.4 Å². The molecule has 1 aliphatic rings. The predicted octanol–water partition coefficient (Wildman–Crippen LogP) is -2.79. The number of hydrogen-bond acceptors (Lipinski definition) is 3. The van der Waals surface area contributed by atoms with Crippen LogP contribution < -0.4 is 51.4 Å². The molecule has 14 heavy (non-hydrogen) atoms. The monoisotopic (exact) mass is 219 g/mol. The van der Waals surface area contributed by atoms with E-state index in [1.807, 2.05) is 0 Å². The van der Waals surface area contributed by atoms with Crippen molar-refractivity contribution in [3.63, 3.8) is 0 Å². The maximum Gasteiger partial charge on any atom is 1.00 e. The molecular formula is C10H14KNO2. The van der Waals surface area contributed by atoms with Crippen LogP contribution in [-0.2, 0) is 9.53 Å². The molecule has 3 nitrogen and oxygen atoms in total. The zero-order valence-corrected chi connectivity index (χ0v) is 12.2. The molecule has 1 aliphatic heterocycles. The van der Waals surface area contributed by atoms with Crippen molar-refractivity contribution in [2.45, 2.75) is 25.9 Å². The van der Waals surface area contributed by atoms with Gasteiger partial charge in [-0.3, -0.25) is 5.92 Å². The van der Waals surface area contributed by atoms with E-state index >= 15 is 0 Å². The number of hydrogen-bond donors (Lipinski definition) is 0. The van der Waals surface area contributed by atoms with Crippen LogP contribution in [0.4, 0.5) is 0 Å². The minimum atomic E-state index is 0. The summed E-state index contributed by atoms with van der Waals surface area (Å²) in [4.78, 5) is 12.1. The normalized spacial score (nSPS) is 27.0. The maximum absolute atomic E-state index is 9.87. The SMILES string of the molecule is CC1COCC(C)N1CC#C[C-]=O.[K+]. The standard InChI is InChI=1S/C10H14NO2.K/c1-9-7-13-8-10(2)11(9)5-3-4-6-12;/h9-10H,5,7-8H2,1-2H3;/q-1;+1. The molecule has 2 atom stereocenters. The van der Waals surface area contributed by atoms with Crippen LogP contribution in [0.15, 0.2) is 0 Å². The van der Waals surface area contributed by atoms with Crippen molar-refractivity contribution in [1.82, 2.24) is 4.90 Å². The minimum Gasteiger partial charge on any atom is -0.409 e. The summed E-state index contributed by atoms with van der Waals surface area (Å²) in [5.41, 5.74) is 0. The van der Waals surface area contributed by atoms with Crippen molar-refractivity contribution in [3.05, 3.63) is 0 Å². The predicted molar refractivity (Wildman–Crippen MR) is 49.9 cm³/mol. The van der Waals surface area contributed by atoms with Gasteiger partial charge in [-0.2, -0.15) is 0 Å². The van der Waals surface area contributed by atoms with Crippen LogP contribution in [0, 0.1) is 11.8 Å². The number of carbonyl (C=O) groups excluding carboxylic acids is 1. The molecule has 0 amide bonds. The Morgan fingerprint density at radius 2 is 2.00 bits per heavy atom. The first-order chi connectivity index (χ1) is 6.25. The maximum atomic E-state index is 9.87. The third-order valence-corrected chi connectivity index (χ3v) is 2.25. The Morgan fingerprint density at radius 3 is 2.50 bits per heavy atom. The first-order valence-corrected chi connectivity index (χ1v) is 4.44.